The molecule has 98 valence electrons. The smallest absolute Gasteiger partial charge is 0.290 e. The number of nitrogens with zero attached hydrogens (tertiary/aromatic N) is 2. The van der Waals surface area contributed by atoms with E-state index in [0.29, 0.717) is 23.1 Å². The van der Waals surface area contributed by atoms with Gasteiger partial charge in [0.2, 0.25) is 0 Å². The first kappa shape index (κ1) is 13.3. The Labute approximate surface area is 115 Å². The Kier molecular flexibility index (Phi) is 3.97. The maximum Gasteiger partial charge on any atom is 0.290 e. The Morgan fingerprint density at radius 3 is 2.68 bits per heavy atom. The lowest BCUT2D eigenvalue weighted by Crippen LogP contribution is -2.03. The first-order valence-corrected chi connectivity index (χ1v) is 6.05. The van der Waals surface area contributed by atoms with Crippen LogP contribution in [-0.4, -0.2) is 9.91 Å². The van der Waals surface area contributed by atoms with E-state index in [4.69, 9.17) is 11.6 Å². The van der Waals surface area contributed by atoms with Crippen LogP contribution in [0.3, 0.4) is 0 Å². The lowest BCUT2D eigenvalue weighted by Gasteiger charge is -2.07. The number of rotatable bonds is 4. The minimum absolute atomic E-state index is 0.0169. The molecule has 1 N–H and O–H groups in total. The van der Waals surface area contributed by atoms with Gasteiger partial charge in [0.25, 0.3) is 5.69 Å². The van der Waals surface area contributed by atoms with Gasteiger partial charge in [0.1, 0.15) is 11.5 Å². The maximum absolute atomic E-state index is 10.7. The van der Waals surface area contributed by atoms with Crippen LogP contribution in [-0.2, 0) is 6.54 Å². The van der Waals surface area contributed by atoms with Gasteiger partial charge in [-0.1, -0.05) is 29.8 Å². The molecule has 2 aromatic rings. The van der Waals surface area contributed by atoms with Crippen molar-refractivity contribution in [2.45, 2.75) is 13.5 Å². The van der Waals surface area contributed by atoms with E-state index >= 15 is 0 Å². The summed E-state index contributed by atoms with van der Waals surface area (Å²) in [5, 5.41) is 14.5. The molecule has 0 atom stereocenters. The molecule has 0 radical (unpaired) electrons. The molecule has 0 amide bonds. The third kappa shape index (κ3) is 3.20. The van der Waals surface area contributed by atoms with E-state index in [9.17, 15) is 10.1 Å². The van der Waals surface area contributed by atoms with Crippen LogP contribution in [0, 0.1) is 17.0 Å². The molecule has 0 saturated heterocycles. The van der Waals surface area contributed by atoms with Crippen molar-refractivity contribution >= 4 is 23.1 Å². The van der Waals surface area contributed by atoms with Crippen molar-refractivity contribution in [1.29, 1.82) is 0 Å². The van der Waals surface area contributed by atoms with Gasteiger partial charge < -0.3 is 5.32 Å². The van der Waals surface area contributed by atoms with E-state index < -0.39 is 4.92 Å². The number of anilines is 1. The summed E-state index contributed by atoms with van der Waals surface area (Å²) in [4.78, 5) is 14.4. The summed E-state index contributed by atoms with van der Waals surface area (Å²) < 4.78 is 0. The second kappa shape index (κ2) is 5.67. The van der Waals surface area contributed by atoms with E-state index in [1.54, 1.807) is 13.0 Å². The number of hydrogen-bond acceptors (Lipinski definition) is 4. The number of hydrogen-bond donors (Lipinski definition) is 1. The van der Waals surface area contributed by atoms with Gasteiger partial charge in [0.15, 0.2) is 0 Å². The van der Waals surface area contributed by atoms with Crippen molar-refractivity contribution < 1.29 is 4.92 Å². The van der Waals surface area contributed by atoms with Gasteiger partial charge in [-0.05, 0) is 24.6 Å². The number of aromatic nitrogens is 1. The predicted octanol–water partition coefficient (Wildman–Crippen LogP) is 3.56. The molecule has 0 fully saturated rings. The molecule has 0 saturated carbocycles. The predicted molar refractivity (Wildman–Crippen MR) is 74.4 cm³/mol. The fourth-order valence-electron chi connectivity index (χ4n) is 1.67. The summed E-state index contributed by atoms with van der Waals surface area (Å²) in [6, 6.07) is 10.5. The van der Waals surface area contributed by atoms with Crippen molar-refractivity contribution in [2.24, 2.45) is 0 Å². The van der Waals surface area contributed by atoms with Gasteiger partial charge >= 0.3 is 0 Å². The Bertz CT molecular complexity index is 617. The van der Waals surface area contributed by atoms with E-state index in [1.165, 1.54) is 6.07 Å². The summed E-state index contributed by atoms with van der Waals surface area (Å²) >= 11 is 6.04. The van der Waals surface area contributed by atoms with Crippen molar-refractivity contribution in [3.63, 3.8) is 0 Å². The molecular weight excluding hydrogens is 266 g/mol. The molecule has 0 aliphatic heterocycles. The molecule has 1 heterocycles. The molecule has 5 nitrogen and oxygen atoms in total. The topological polar surface area (TPSA) is 68.1 Å². The minimum atomic E-state index is -0.444. The quantitative estimate of drug-likeness (QED) is 0.685. The Morgan fingerprint density at radius 2 is 2.05 bits per heavy atom. The second-order valence-electron chi connectivity index (χ2n) is 4.00. The van der Waals surface area contributed by atoms with E-state index in [1.807, 2.05) is 24.3 Å². The average molecular weight is 278 g/mol. The molecule has 0 aliphatic carbocycles. The van der Waals surface area contributed by atoms with Crippen LogP contribution in [0.15, 0.2) is 36.4 Å². The Hall–Kier alpha value is -2.14. The molecule has 6 heteroatoms. The molecule has 1 aromatic carbocycles. The molecule has 1 aromatic heterocycles. The summed E-state index contributed by atoms with van der Waals surface area (Å²) in [6.45, 7) is 2.13. The van der Waals surface area contributed by atoms with Crippen LogP contribution in [0.4, 0.5) is 11.5 Å². The second-order valence-corrected chi connectivity index (χ2v) is 4.41. The zero-order chi connectivity index (χ0) is 13.8. The number of nitro groups is 1. The van der Waals surface area contributed by atoms with E-state index in [0.717, 1.165) is 5.56 Å². The van der Waals surface area contributed by atoms with Crippen molar-refractivity contribution in [2.75, 3.05) is 5.32 Å². The van der Waals surface area contributed by atoms with Gasteiger partial charge in [-0.2, -0.15) is 0 Å². The first-order chi connectivity index (χ1) is 9.08. The van der Waals surface area contributed by atoms with Crippen LogP contribution in [0.25, 0.3) is 0 Å². The monoisotopic (exact) mass is 277 g/mol. The minimum Gasteiger partial charge on any atom is -0.366 e. The fourth-order valence-corrected chi connectivity index (χ4v) is 1.88. The normalized spacial score (nSPS) is 10.2. The van der Waals surface area contributed by atoms with Gasteiger partial charge in [0.05, 0.1) is 4.92 Å². The van der Waals surface area contributed by atoms with Crippen LogP contribution in [0.5, 0.6) is 0 Å². The van der Waals surface area contributed by atoms with Gasteiger partial charge in [-0.25, -0.2) is 4.98 Å². The first-order valence-electron chi connectivity index (χ1n) is 5.67. The molecule has 0 aliphatic rings. The number of halogens is 1. The largest absolute Gasteiger partial charge is 0.366 e. The van der Waals surface area contributed by atoms with Crippen LogP contribution < -0.4 is 5.32 Å². The molecule has 0 bridgehead atoms. The van der Waals surface area contributed by atoms with Crippen molar-refractivity contribution in [3.05, 3.63) is 62.8 Å². The summed E-state index contributed by atoms with van der Waals surface area (Å²) in [7, 11) is 0. The van der Waals surface area contributed by atoms with Crippen LogP contribution in [0.2, 0.25) is 5.02 Å². The maximum atomic E-state index is 10.7. The van der Waals surface area contributed by atoms with Crippen molar-refractivity contribution in [3.8, 4) is 0 Å². The summed E-state index contributed by atoms with van der Waals surface area (Å²) in [5.41, 5.74) is 1.35. The van der Waals surface area contributed by atoms with E-state index in [2.05, 4.69) is 10.3 Å². The van der Waals surface area contributed by atoms with Gasteiger partial charge in [-0.15, -0.1) is 0 Å². The highest BCUT2D eigenvalue weighted by Gasteiger charge is 2.11. The molecule has 19 heavy (non-hydrogen) atoms. The standard InChI is InChI=1S/C13H12ClN3O2/c1-9-12(17(18)19)6-7-13(16-9)15-8-10-4-2-3-5-11(10)14/h2-7H,8H2,1H3,(H,15,16). The summed E-state index contributed by atoms with van der Waals surface area (Å²) in [5.74, 6) is 0.586. The Morgan fingerprint density at radius 1 is 1.32 bits per heavy atom. The van der Waals surface area contributed by atoms with Gasteiger partial charge in [0, 0.05) is 17.6 Å². The number of benzene rings is 1. The SMILES string of the molecule is Cc1nc(NCc2ccccc2Cl)ccc1[N+](=O)[O-]. The van der Waals surface area contributed by atoms with E-state index in [-0.39, 0.29) is 5.69 Å². The number of nitrogens with one attached hydrogen (secondary N) is 1. The molecule has 0 spiro atoms. The van der Waals surface area contributed by atoms with Crippen LogP contribution in [0.1, 0.15) is 11.3 Å². The summed E-state index contributed by atoms with van der Waals surface area (Å²) in [6.07, 6.45) is 0. The molecule has 0 unspecified atom stereocenters. The third-order valence-electron chi connectivity index (χ3n) is 2.67. The lowest BCUT2D eigenvalue weighted by molar-refractivity contribution is -0.385. The van der Waals surface area contributed by atoms with Crippen molar-refractivity contribution in [1.82, 2.24) is 4.98 Å². The zero-order valence-electron chi connectivity index (χ0n) is 10.3. The van der Waals surface area contributed by atoms with Gasteiger partial charge in [-0.3, -0.25) is 10.1 Å². The molecule has 2 rings (SSSR count). The highest BCUT2D eigenvalue weighted by Crippen LogP contribution is 2.20. The Balaban J connectivity index is 2.11. The fraction of sp³-hybridized carbons (Fsp3) is 0.154. The average Bonchev–Trinajstić information content (AvgIpc) is 2.37. The number of aryl methyl sites for hydroxylation is 1. The lowest BCUT2D eigenvalue weighted by atomic mass is 10.2. The highest BCUT2D eigenvalue weighted by atomic mass is 35.5. The number of pyridine rings is 1. The zero-order valence-corrected chi connectivity index (χ0v) is 11.0. The van der Waals surface area contributed by atoms with Crippen LogP contribution >= 0.6 is 11.6 Å². The molecular formula is C13H12ClN3O2. The highest BCUT2D eigenvalue weighted by molar-refractivity contribution is 6.31. The third-order valence-corrected chi connectivity index (χ3v) is 3.04.